The molecule has 0 unspecified atom stereocenters. The summed E-state index contributed by atoms with van der Waals surface area (Å²) in [7, 11) is 1.69. The minimum Gasteiger partial charge on any atom is -0.508 e. The lowest BCUT2D eigenvalue weighted by atomic mass is 10.0. The number of ether oxygens (including phenoxy) is 1. The van der Waals surface area contributed by atoms with Gasteiger partial charge in [0, 0.05) is 7.11 Å². The number of aliphatic hydroxyl groups is 1. The molecule has 2 nitrogen and oxygen atoms in total. The second-order valence-electron chi connectivity index (χ2n) is 4.02. The molecule has 2 heteroatoms. The monoisotopic (exact) mass is 228 g/mol. The summed E-state index contributed by atoms with van der Waals surface area (Å²) in [4.78, 5) is 0. The van der Waals surface area contributed by atoms with Gasteiger partial charge in [0.05, 0.1) is 6.61 Å². The third-order valence-electron chi connectivity index (χ3n) is 2.72. The van der Waals surface area contributed by atoms with Crippen molar-refractivity contribution in [3.8, 4) is 0 Å². The van der Waals surface area contributed by atoms with E-state index in [1.807, 2.05) is 12.2 Å². The van der Waals surface area contributed by atoms with Crippen molar-refractivity contribution in [2.45, 2.75) is 13.0 Å². The molecule has 0 saturated heterocycles. The number of rotatable bonds is 3. The SMILES string of the molecule is COCc1ccc(C2=CC=C(O)C=CC2)cc1. The van der Waals surface area contributed by atoms with Crippen LogP contribution in [0.3, 0.4) is 0 Å². The lowest BCUT2D eigenvalue weighted by molar-refractivity contribution is 0.185. The first kappa shape index (κ1) is 11.7. The summed E-state index contributed by atoms with van der Waals surface area (Å²) >= 11 is 0. The highest BCUT2D eigenvalue weighted by molar-refractivity contribution is 5.69. The molecule has 0 fully saturated rings. The topological polar surface area (TPSA) is 29.5 Å². The summed E-state index contributed by atoms with van der Waals surface area (Å²) in [6.45, 7) is 0.639. The van der Waals surface area contributed by atoms with E-state index in [-0.39, 0.29) is 0 Å². The van der Waals surface area contributed by atoms with Gasteiger partial charge >= 0.3 is 0 Å². The fourth-order valence-corrected chi connectivity index (χ4v) is 1.81. The van der Waals surface area contributed by atoms with Gasteiger partial charge in [0.15, 0.2) is 0 Å². The number of benzene rings is 1. The third-order valence-corrected chi connectivity index (χ3v) is 2.72. The van der Waals surface area contributed by atoms with Gasteiger partial charge in [0.25, 0.3) is 0 Å². The molecular formula is C15H16O2. The Bertz CT molecular complexity index is 464. The number of aliphatic hydroxyl groups excluding tert-OH is 1. The van der Waals surface area contributed by atoms with Crippen LogP contribution in [0.2, 0.25) is 0 Å². The average Bonchev–Trinajstić information content (AvgIpc) is 2.56. The second-order valence-corrected chi connectivity index (χ2v) is 4.02. The molecule has 0 amide bonds. The Hall–Kier alpha value is -1.80. The van der Waals surface area contributed by atoms with Gasteiger partial charge in [-0.05, 0) is 35.3 Å². The Kier molecular flexibility index (Phi) is 3.78. The zero-order valence-electron chi connectivity index (χ0n) is 9.89. The molecule has 1 aliphatic carbocycles. The molecule has 1 aromatic rings. The minimum atomic E-state index is 0.302. The zero-order valence-corrected chi connectivity index (χ0v) is 9.89. The highest BCUT2D eigenvalue weighted by Gasteiger charge is 2.02. The second kappa shape index (κ2) is 5.51. The van der Waals surface area contributed by atoms with Gasteiger partial charge in [0.1, 0.15) is 5.76 Å². The number of allylic oxidation sites excluding steroid dienone is 5. The molecule has 17 heavy (non-hydrogen) atoms. The van der Waals surface area contributed by atoms with Crippen molar-refractivity contribution in [2.75, 3.05) is 7.11 Å². The van der Waals surface area contributed by atoms with Crippen LogP contribution in [0.25, 0.3) is 5.57 Å². The first-order valence-corrected chi connectivity index (χ1v) is 5.64. The standard InChI is InChI=1S/C15H16O2/c1-17-11-12-5-7-14(8-6-12)13-3-2-4-15(16)10-9-13/h2,4-10,16H,3,11H2,1H3. The van der Waals surface area contributed by atoms with Crippen molar-refractivity contribution in [3.05, 3.63) is 65.5 Å². The van der Waals surface area contributed by atoms with Crippen LogP contribution in [-0.4, -0.2) is 12.2 Å². The van der Waals surface area contributed by atoms with Gasteiger partial charge in [-0.25, -0.2) is 0 Å². The lowest BCUT2D eigenvalue weighted by Gasteiger charge is -2.05. The quantitative estimate of drug-likeness (QED) is 0.856. The van der Waals surface area contributed by atoms with Crippen molar-refractivity contribution in [1.29, 1.82) is 0 Å². The molecule has 0 heterocycles. The molecule has 0 radical (unpaired) electrons. The van der Waals surface area contributed by atoms with E-state index in [2.05, 4.69) is 24.3 Å². The van der Waals surface area contributed by atoms with Crippen LogP contribution in [0.1, 0.15) is 17.5 Å². The Morgan fingerprint density at radius 1 is 1.18 bits per heavy atom. The largest absolute Gasteiger partial charge is 0.508 e. The van der Waals surface area contributed by atoms with Crippen molar-refractivity contribution < 1.29 is 9.84 Å². The van der Waals surface area contributed by atoms with Gasteiger partial charge in [0.2, 0.25) is 0 Å². The van der Waals surface area contributed by atoms with Crippen LogP contribution in [-0.2, 0) is 11.3 Å². The Morgan fingerprint density at radius 3 is 2.65 bits per heavy atom. The summed E-state index contributed by atoms with van der Waals surface area (Å²) in [5.41, 5.74) is 3.55. The van der Waals surface area contributed by atoms with Crippen LogP contribution in [0.4, 0.5) is 0 Å². The fraction of sp³-hybridized carbons (Fsp3) is 0.200. The molecule has 0 bridgehead atoms. The third kappa shape index (κ3) is 3.08. The highest BCUT2D eigenvalue weighted by atomic mass is 16.5. The van der Waals surface area contributed by atoms with E-state index >= 15 is 0 Å². The van der Waals surface area contributed by atoms with Gasteiger partial charge < -0.3 is 9.84 Å². The molecule has 1 aromatic carbocycles. The molecule has 0 saturated carbocycles. The molecule has 1 aliphatic rings. The summed E-state index contributed by atoms with van der Waals surface area (Å²) in [6.07, 6.45) is 8.21. The van der Waals surface area contributed by atoms with Crippen molar-refractivity contribution in [1.82, 2.24) is 0 Å². The number of hydrogen-bond donors (Lipinski definition) is 1. The molecule has 0 aliphatic heterocycles. The summed E-state index contributed by atoms with van der Waals surface area (Å²) in [5.74, 6) is 0.302. The van der Waals surface area contributed by atoms with E-state index in [1.54, 1.807) is 19.3 Å². The molecule has 0 aromatic heterocycles. The fourth-order valence-electron chi connectivity index (χ4n) is 1.81. The van der Waals surface area contributed by atoms with E-state index in [0.29, 0.717) is 12.4 Å². The maximum atomic E-state index is 9.38. The van der Waals surface area contributed by atoms with Crippen molar-refractivity contribution in [3.63, 3.8) is 0 Å². The van der Waals surface area contributed by atoms with E-state index in [1.165, 1.54) is 16.7 Å². The normalized spacial score (nSPS) is 15.1. The van der Waals surface area contributed by atoms with E-state index in [4.69, 9.17) is 4.74 Å². The van der Waals surface area contributed by atoms with Gasteiger partial charge in [-0.1, -0.05) is 36.4 Å². The molecule has 0 spiro atoms. The highest BCUT2D eigenvalue weighted by Crippen LogP contribution is 2.22. The molecular weight excluding hydrogens is 212 g/mol. The van der Waals surface area contributed by atoms with Gasteiger partial charge in [-0.3, -0.25) is 0 Å². The van der Waals surface area contributed by atoms with Crippen LogP contribution in [0, 0.1) is 0 Å². The lowest BCUT2D eigenvalue weighted by Crippen LogP contribution is -1.88. The predicted molar refractivity (Wildman–Crippen MR) is 69.6 cm³/mol. The molecule has 0 atom stereocenters. The van der Waals surface area contributed by atoms with E-state index < -0.39 is 0 Å². The average molecular weight is 228 g/mol. The molecule has 2 rings (SSSR count). The predicted octanol–water partition coefficient (Wildman–Crippen LogP) is 3.62. The first-order valence-electron chi connectivity index (χ1n) is 5.64. The van der Waals surface area contributed by atoms with Crippen molar-refractivity contribution in [2.24, 2.45) is 0 Å². The maximum absolute atomic E-state index is 9.38. The summed E-state index contributed by atoms with van der Waals surface area (Å²) in [5, 5.41) is 9.38. The Labute approximate surface area is 102 Å². The van der Waals surface area contributed by atoms with Gasteiger partial charge in [-0.15, -0.1) is 0 Å². The summed E-state index contributed by atoms with van der Waals surface area (Å²) < 4.78 is 5.08. The van der Waals surface area contributed by atoms with Gasteiger partial charge in [-0.2, -0.15) is 0 Å². The summed E-state index contributed by atoms with van der Waals surface area (Å²) in [6, 6.07) is 8.31. The van der Waals surface area contributed by atoms with E-state index in [0.717, 1.165) is 6.42 Å². The van der Waals surface area contributed by atoms with Crippen LogP contribution in [0.5, 0.6) is 0 Å². The Morgan fingerprint density at radius 2 is 1.94 bits per heavy atom. The number of hydrogen-bond acceptors (Lipinski definition) is 2. The van der Waals surface area contributed by atoms with Crippen LogP contribution < -0.4 is 0 Å². The number of methoxy groups -OCH3 is 1. The van der Waals surface area contributed by atoms with Crippen LogP contribution >= 0.6 is 0 Å². The molecule has 1 N–H and O–H groups in total. The zero-order chi connectivity index (χ0) is 12.1. The first-order chi connectivity index (χ1) is 8.29. The Balaban J connectivity index is 2.20. The van der Waals surface area contributed by atoms with E-state index in [9.17, 15) is 5.11 Å². The molecule has 88 valence electrons. The van der Waals surface area contributed by atoms with Crippen LogP contribution in [0.15, 0.2) is 54.3 Å². The van der Waals surface area contributed by atoms with Crippen molar-refractivity contribution >= 4 is 5.57 Å². The smallest absolute Gasteiger partial charge is 0.115 e. The maximum Gasteiger partial charge on any atom is 0.115 e. The minimum absolute atomic E-state index is 0.302.